The molecule has 1 atom stereocenters. The van der Waals surface area contributed by atoms with Crippen molar-refractivity contribution in [2.24, 2.45) is 0 Å². The Hall–Kier alpha value is -0.600. The van der Waals surface area contributed by atoms with Crippen LogP contribution in [0.5, 0.6) is 0 Å². The Labute approximate surface area is 86.6 Å². The summed E-state index contributed by atoms with van der Waals surface area (Å²) >= 11 is 0. The van der Waals surface area contributed by atoms with Gasteiger partial charge in [-0.25, -0.2) is 0 Å². The predicted molar refractivity (Wildman–Crippen MR) is 58.1 cm³/mol. The lowest BCUT2D eigenvalue weighted by Crippen LogP contribution is -2.20. The maximum Gasteiger partial charge on any atom is 0.147 e. The SMILES string of the molecule is C=CCC1=CCCC[C@H]1OCOCC. The van der Waals surface area contributed by atoms with Crippen LogP contribution in [-0.4, -0.2) is 19.5 Å². The van der Waals surface area contributed by atoms with E-state index in [9.17, 15) is 0 Å². The molecule has 0 aromatic heterocycles. The van der Waals surface area contributed by atoms with Crippen molar-refractivity contribution in [3.63, 3.8) is 0 Å². The maximum absolute atomic E-state index is 5.65. The van der Waals surface area contributed by atoms with Crippen LogP contribution >= 0.6 is 0 Å². The molecule has 0 radical (unpaired) electrons. The third-order valence-corrected chi connectivity index (χ3v) is 2.43. The second-order valence-corrected chi connectivity index (χ2v) is 3.47. The molecule has 0 fully saturated rings. The molecule has 80 valence electrons. The first-order chi connectivity index (χ1) is 6.88. The number of ether oxygens (including phenoxy) is 2. The van der Waals surface area contributed by atoms with Gasteiger partial charge in [-0.3, -0.25) is 0 Å². The first kappa shape index (κ1) is 11.5. The Bertz CT molecular complexity index is 196. The normalized spacial score (nSPS) is 21.8. The quantitative estimate of drug-likeness (QED) is 0.369. The molecule has 0 aromatic rings. The summed E-state index contributed by atoms with van der Waals surface area (Å²) in [5, 5.41) is 0. The highest BCUT2D eigenvalue weighted by Crippen LogP contribution is 2.23. The zero-order chi connectivity index (χ0) is 10.2. The smallest absolute Gasteiger partial charge is 0.147 e. The van der Waals surface area contributed by atoms with E-state index in [0.717, 1.165) is 12.8 Å². The zero-order valence-electron chi connectivity index (χ0n) is 9.00. The van der Waals surface area contributed by atoms with Crippen molar-refractivity contribution in [1.29, 1.82) is 0 Å². The minimum atomic E-state index is 0.258. The zero-order valence-corrected chi connectivity index (χ0v) is 9.00. The Balaban J connectivity index is 2.36. The van der Waals surface area contributed by atoms with Crippen molar-refractivity contribution in [1.82, 2.24) is 0 Å². The van der Waals surface area contributed by atoms with Crippen LogP contribution < -0.4 is 0 Å². The van der Waals surface area contributed by atoms with E-state index in [-0.39, 0.29) is 6.10 Å². The van der Waals surface area contributed by atoms with Crippen LogP contribution in [0.15, 0.2) is 24.3 Å². The summed E-state index contributed by atoms with van der Waals surface area (Å²) in [6, 6.07) is 0. The molecular formula is C12H20O2. The van der Waals surface area contributed by atoms with Crippen molar-refractivity contribution in [3.8, 4) is 0 Å². The van der Waals surface area contributed by atoms with Crippen LogP contribution in [0, 0.1) is 0 Å². The van der Waals surface area contributed by atoms with E-state index in [1.807, 2.05) is 13.0 Å². The average Bonchev–Trinajstić information content (AvgIpc) is 2.21. The van der Waals surface area contributed by atoms with Gasteiger partial charge in [-0.15, -0.1) is 6.58 Å². The highest BCUT2D eigenvalue weighted by molar-refractivity contribution is 5.14. The van der Waals surface area contributed by atoms with Gasteiger partial charge in [0.1, 0.15) is 6.79 Å². The minimum Gasteiger partial charge on any atom is -0.356 e. The van der Waals surface area contributed by atoms with Gasteiger partial charge in [0.2, 0.25) is 0 Å². The van der Waals surface area contributed by atoms with Crippen molar-refractivity contribution in [2.45, 2.75) is 38.7 Å². The van der Waals surface area contributed by atoms with Gasteiger partial charge in [0.25, 0.3) is 0 Å². The molecule has 0 saturated carbocycles. The van der Waals surface area contributed by atoms with Crippen LogP contribution in [-0.2, 0) is 9.47 Å². The van der Waals surface area contributed by atoms with Crippen LogP contribution in [0.1, 0.15) is 32.6 Å². The van der Waals surface area contributed by atoms with E-state index in [4.69, 9.17) is 9.47 Å². The van der Waals surface area contributed by atoms with E-state index in [0.29, 0.717) is 13.4 Å². The first-order valence-electron chi connectivity index (χ1n) is 5.37. The molecule has 0 saturated heterocycles. The molecule has 0 aromatic carbocycles. The molecule has 14 heavy (non-hydrogen) atoms. The second-order valence-electron chi connectivity index (χ2n) is 3.47. The van der Waals surface area contributed by atoms with E-state index in [1.54, 1.807) is 0 Å². The lowest BCUT2D eigenvalue weighted by molar-refractivity contribution is -0.0787. The predicted octanol–water partition coefficient (Wildman–Crippen LogP) is 3.05. The lowest BCUT2D eigenvalue weighted by atomic mass is 9.94. The van der Waals surface area contributed by atoms with E-state index >= 15 is 0 Å². The molecule has 2 nitrogen and oxygen atoms in total. The summed E-state index contributed by atoms with van der Waals surface area (Å²) in [5.74, 6) is 0. The van der Waals surface area contributed by atoms with Gasteiger partial charge in [0.15, 0.2) is 0 Å². The third kappa shape index (κ3) is 3.64. The van der Waals surface area contributed by atoms with E-state index in [2.05, 4.69) is 12.7 Å². The minimum absolute atomic E-state index is 0.258. The van der Waals surface area contributed by atoms with Gasteiger partial charge in [0, 0.05) is 6.61 Å². The molecule has 0 amide bonds. The molecule has 0 heterocycles. The fourth-order valence-corrected chi connectivity index (χ4v) is 1.69. The lowest BCUT2D eigenvalue weighted by Gasteiger charge is -2.23. The highest BCUT2D eigenvalue weighted by Gasteiger charge is 2.16. The molecule has 0 N–H and O–H groups in total. The Kier molecular flexibility index (Phi) is 5.57. The maximum atomic E-state index is 5.65. The molecule has 0 spiro atoms. The van der Waals surface area contributed by atoms with Gasteiger partial charge in [-0.2, -0.15) is 0 Å². The fraction of sp³-hybridized carbons (Fsp3) is 0.667. The van der Waals surface area contributed by atoms with Crippen molar-refractivity contribution in [2.75, 3.05) is 13.4 Å². The number of hydrogen-bond acceptors (Lipinski definition) is 2. The number of rotatable bonds is 6. The number of allylic oxidation sites excluding steroid dienone is 2. The van der Waals surface area contributed by atoms with E-state index in [1.165, 1.54) is 18.4 Å². The van der Waals surface area contributed by atoms with Gasteiger partial charge in [0.05, 0.1) is 6.10 Å². The molecule has 0 aliphatic heterocycles. The third-order valence-electron chi connectivity index (χ3n) is 2.43. The van der Waals surface area contributed by atoms with Crippen LogP contribution in [0.25, 0.3) is 0 Å². The first-order valence-corrected chi connectivity index (χ1v) is 5.37. The summed E-state index contributed by atoms with van der Waals surface area (Å²) in [7, 11) is 0. The van der Waals surface area contributed by atoms with Crippen molar-refractivity contribution < 1.29 is 9.47 Å². The molecule has 2 heteroatoms. The number of hydrogen-bond donors (Lipinski definition) is 0. The monoisotopic (exact) mass is 196 g/mol. The molecular weight excluding hydrogens is 176 g/mol. The van der Waals surface area contributed by atoms with Crippen LogP contribution in [0.4, 0.5) is 0 Å². The van der Waals surface area contributed by atoms with Gasteiger partial charge in [-0.1, -0.05) is 12.2 Å². The van der Waals surface area contributed by atoms with Gasteiger partial charge in [-0.05, 0) is 38.2 Å². The topological polar surface area (TPSA) is 18.5 Å². The van der Waals surface area contributed by atoms with Crippen LogP contribution in [0.3, 0.4) is 0 Å². The second kappa shape index (κ2) is 6.80. The van der Waals surface area contributed by atoms with Crippen molar-refractivity contribution in [3.05, 3.63) is 24.3 Å². The van der Waals surface area contributed by atoms with Crippen LogP contribution in [0.2, 0.25) is 0 Å². The fourth-order valence-electron chi connectivity index (χ4n) is 1.69. The summed E-state index contributed by atoms with van der Waals surface area (Å²) in [4.78, 5) is 0. The molecule has 1 rings (SSSR count). The van der Waals surface area contributed by atoms with Crippen molar-refractivity contribution >= 4 is 0 Å². The van der Waals surface area contributed by atoms with E-state index < -0.39 is 0 Å². The molecule has 1 aliphatic rings. The standard InChI is InChI=1S/C12H20O2/c1-3-7-11-8-5-6-9-12(11)14-10-13-4-2/h3,8,12H,1,4-7,9-10H2,2H3/t12-/m1/s1. The summed E-state index contributed by atoms with van der Waals surface area (Å²) in [6.45, 7) is 6.86. The highest BCUT2D eigenvalue weighted by atomic mass is 16.7. The Morgan fingerprint density at radius 3 is 3.21 bits per heavy atom. The average molecular weight is 196 g/mol. The largest absolute Gasteiger partial charge is 0.356 e. The summed E-state index contributed by atoms with van der Waals surface area (Å²) in [5.41, 5.74) is 1.37. The summed E-state index contributed by atoms with van der Waals surface area (Å²) in [6.07, 6.45) is 8.93. The summed E-state index contributed by atoms with van der Waals surface area (Å²) < 4.78 is 10.8. The Morgan fingerprint density at radius 2 is 2.50 bits per heavy atom. The molecule has 0 unspecified atom stereocenters. The molecule has 1 aliphatic carbocycles. The van der Waals surface area contributed by atoms with Gasteiger partial charge >= 0.3 is 0 Å². The Morgan fingerprint density at radius 1 is 1.64 bits per heavy atom. The molecule has 0 bridgehead atoms. The van der Waals surface area contributed by atoms with Gasteiger partial charge < -0.3 is 9.47 Å².